The minimum Gasteiger partial charge on any atom is -0.342 e. The van der Waals surface area contributed by atoms with Crippen molar-refractivity contribution in [1.82, 2.24) is 9.55 Å². The predicted molar refractivity (Wildman–Crippen MR) is 81.7 cm³/mol. The smallest absolute Gasteiger partial charge is 0.272 e. The summed E-state index contributed by atoms with van der Waals surface area (Å²) < 4.78 is 1.84. The van der Waals surface area contributed by atoms with Crippen LogP contribution >= 0.6 is 23.2 Å². The van der Waals surface area contributed by atoms with Crippen LogP contribution < -0.4 is 5.32 Å². The van der Waals surface area contributed by atoms with Crippen LogP contribution in [0.4, 0.5) is 5.69 Å². The topological polar surface area (TPSA) is 46.9 Å². The quantitative estimate of drug-likeness (QED) is 0.862. The van der Waals surface area contributed by atoms with Crippen molar-refractivity contribution < 1.29 is 4.79 Å². The van der Waals surface area contributed by atoms with E-state index in [0.29, 0.717) is 21.6 Å². The largest absolute Gasteiger partial charge is 0.342 e. The summed E-state index contributed by atoms with van der Waals surface area (Å²) in [6.07, 6.45) is 4.21. The van der Waals surface area contributed by atoms with E-state index in [9.17, 15) is 4.79 Å². The molecule has 0 radical (unpaired) electrons. The minimum absolute atomic E-state index is 0.214. The van der Waals surface area contributed by atoms with Crippen LogP contribution in [0, 0.1) is 6.92 Å². The van der Waals surface area contributed by atoms with Gasteiger partial charge in [-0.25, -0.2) is 4.98 Å². The van der Waals surface area contributed by atoms with Gasteiger partial charge in [0, 0.05) is 12.7 Å². The molecule has 0 spiro atoms. The first kappa shape index (κ1) is 14.9. The number of aromatic nitrogens is 2. The minimum atomic E-state index is -0.214. The predicted octanol–water partition coefficient (Wildman–Crippen LogP) is 4.16. The van der Waals surface area contributed by atoms with E-state index in [0.717, 1.165) is 18.5 Å². The monoisotopic (exact) mass is 311 g/mol. The highest BCUT2D eigenvalue weighted by Crippen LogP contribution is 2.19. The Morgan fingerprint density at radius 3 is 2.80 bits per heavy atom. The van der Waals surface area contributed by atoms with E-state index in [4.69, 9.17) is 23.2 Å². The molecule has 0 saturated carbocycles. The summed E-state index contributed by atoms with van der Waals surface area (Å²) in [5.41, 5.74) is 1.95. The number of hydrogen-bond acceptors (Lipinski definition) is 2. The van der Waals surface area contributed by atoms with Gasteiger partial charge in [-0.15, -0.1) is 0 Å². The van der Waals surface area contributed by atoms with Gasteiger partial charge in [0.1, 0.15) is 10.8 Å². The number of amides is 1. The van der Waals surface area contributed by atoms with E-state index >= 15 is 0 Å². The molecule has 0 saturated heterocycles. The second kappa shape index (κ2) is 6.29. The molecule has 20 heavy (non-hydrogen) atoms. The number of carbonyl (C=O) groups is 1. The first-order valence-corrected chi connectivity index (χ1v) is 7.06. The van der Waals surface area contributed by atoms with Gasteiger partial charge in [0.05, 0.1) is 16.9 Å². The van der Waals surface area contributed by atoms with Crippen LogP contribution in [0.1, 0.15) is 29.4 Å². The van der Waals surface area contributed by atoms with Gasteiger partial charge in [0.15, 0.2) is 0 Å². The molecule has 2 aromatic rings. The summed E-state index contributed by atoms with van der Waals surface area (Å²) in [6, 6.07) is 3.44. The van der Waals surface area contributed by atoms with Crippen LogP contribution in [-0.4, -0.2) is 15.5 Å². The van der Waals surface area contributed by atoms with Crippen molar-refractivity contribution in [3.63, 3.8) is 0 Å². The Balaban J connectivity index is 2.21. The molecule has 4 nitrogen and oxygen atoms in total. The fourth-order valence-electron chi connectivity index (χ4n) is 1.91. The van der Waals surface area contributed by atoms with Gasteiger partial charge in [-0.3, -0.25) is 4.79 Å². The Hall–Kier alpha value is -1.52. The average Bonchev–Trinajstić information content (AvgIpc) is 2.75. The van der Waals surface area contributed by atoms with Crippen molar-refractivity contribution in [2.75, 3.05) is 5.32 Å². The number of halogens is 2. The molecule has 0 unspecified atom stereocenters. The molecular formula is C14H15Cl2N3O. The summed E-state index contributed by atoms with van der Waals surface area (Å²) in [7, 11) is 0. The molecule has 6 heteroatoms. The normalized spacial score (nSPS) is 10.6. The first-order chi connectivity index (χ1) is 9.51. The van der Waals surface area contributed by atoms with Crippen LogP contribution in [0.25, 0.3) is 0 Å². The van der Waals surface area contributed by atoms with Crippen LogP contribution in [0.15, 0.2) is 24.5 Å². The molecule has 0 atom stereocenters. The van der Waals surface area contributed by atoms with Gasteiger partial charge in [-0.2, -0.15) is 0 Å². The number of carbonyl (C=O) groups excluding carboxylic acids is 1. The molecule has 0 aliphatic carbocycles. The second-order valence-electron chi connectivity index (χ2n) is 4.52. The molecular weight excluding hydrogens is 297 g/mol. The van der Waals surface area contributed by atoms with Crippen molar-refractivity contribution in [3.05, 3.63) is 46.0 Å². The second-order valence-corrected chi connectivity index (χ2v) is 5.32. The highest BCUT2D eigenvalue weighted by atomic mass is 35.5. The highest BCUT2D eigenvalue weighted by Gasteiger charge is 2.13. The third kappa shape index (κ3) is 3.32. The molecule has 2 heterocycles. The number of anilines is 1. The first-order valence-electron chi connectivity index (χ1n) is 6.30. The number of aryl methyl sites for hydroxylation is 2. The third-order valence-corrected chi connectivity index (χ3v) is 3.43. The summed E-state index contributed by atoms with van der Waals surface area (Å²) >= 11 is 11.8. The van der Waals surface area contributed by atoms with Crippen LogP contribution in [0.2, 0.25) is 10.2 Å². The molecule has 2 aromatic heterocycles. The number of hydrogen-bond donors (Lipinski definition) is 1. The Morgan fingerprint density at radius 1 is 1.40 bits per heavy atom. The van der Waals surface area contributed by atoms with Crippen LogP contribution in [-0.2, 0) is 6.54 Å². The molecule has 0 aliphatic heterocycles. The zero-order valence-corrected chi connectivity index (χ0v) is 12.8. The summed E-state index contributed by atoms with van der Waals surface area (Å²) in [6.45, 7) is 4.62. The number of nitrogens with zero attached hydrogens (tertiary/aromatic N) is 2. The van der Waals surface area contributed by atoms with Crippen LogP contribution in [0.5, 0.6) is 0 Å². The average molecular weight is 312 g/mol. The lowest BCUT2D eigenvalue weighted by atomic mass is 10.3. The number of nitrogens with one attached hydrogen (secondary N) is 1. The van der Waals surface area contributed by atoms with Gasteiger partial charge in [0.2, 0.25) is 0 Å². The Morgan fingerprint density at radius 2 is 2.15 bits per heavy atom. The molecule has 0 aromatic carbocycles. The molecule has 0 aliphatic rings. The zero-order chi connectivity index (χ0) is 14.7. The van der Waals surface area contributed by atoms with Crippen molar-refractivity contribution >= 4 is 34.8 Å². The Labute approximate surface area is 127 Å². The SMILES string of the molecule is CCCn1cc(Cl)cc1C(=O)Nc1cnc(Cl)c(C)c1. The Bertz CT molecular complexity index is 637. The van der Waals surface area contributed by atoms with Crippen molar-refractivity contribution in [1.29, 1.82) is 0 Å². The fraction of sp³-hybridized carbons (Fsp3) is 0.286. The van der Waals surface area contributed by atoms with Crippen molar-refractivity contribution in [2.24, 2.45) is 0 Å². The summed E-state index contributed by atoms with van der Waals surface area (Å²) in [5.74, 6) is -0.214. The molecule has 1 amide bonds. The van der Waals surface area contributed by atoms with E-state index in [1.165, 1.54) is 6.20 Å². The number of pyridine rings is 1. The maximum Gasteiger partial charge on any atom is 0.272 e. The Kier molecular flexibility index (Phi) is 4.68. The molecule has 106 valence electrons. The van der Waals surface area contributed by atoms with E-state index in [2.05, 4.69) is 10.3 Å². The van der Waals surface area contributed by atoms with Gasteiger partial charge in [-0.05, 0) is 31.0 Å². The lowest BCUT2D eigenvalue weighted by Gasteiger charge is -2.09. The van der Waals surface area contributed by atoms with E-state index < -0.39 is 0 Å². The van der Waals surface area contributed by atoms with E-state index in [1.807, 2.05) is 18.4 Å². The fourth-order valence-corrected chi connectivity index (χ4v) is 2.24. The highest BCUT2D eigenvalue weighted by molar-refractivity contribution is 6.31. The van der Waals surface area contributed by atoms with Crippen LogP contribution in [0.3, 0.4) is 0 Å². The van der Waals surface area contributed by atoms with E-state index in [-0.39, 0.29) is 5.91 Å². The standard InChI is InChI=1S/C14H15Cl2N3O/c1-3-4-19-8-10(15)6-12(19)14(20)18-11-5-9(2)13(16)17-7-11/h5-8H,3-4H2,1-2H3,(H,18,20). The van der Waals surface area contributed by atoms with Crippen molar-refractivity contribution in [3.8, 4) is 0 Å². The maximum atomic E-state index is 12.3. The maximum absolute atomic E-state index is 12.3. The summed E-state index contributed by atoms with van der Waals surface area (Å²) in [5, 5.41) is 3.78. The number of rotatable bonds is 4. The molecule has 0 fully saturated rings. The van der Waals surface area contributed by atoms with Gasteiger partial charge in [-0.1, -0.05) is 30.1 Å². The van der Waals surface area contributed by atoms with E-state index in [1.54, 1.807) is 18.3 Å². The lowest BCUT2D eigenvalue weighted by Crippen LogP contribution is -2.17. The summed E-state index contributed by atoms with van der Waals surface area (Å²) in [4.78, 5) is 16.3. The molecule has 2 rings (SSSR count). The van der Waals surface area contributed by atoms with Gasteiger partial charge >= 0.3 is 0 Å². The molecule has 1 N–H and O–H groups in total. The van der Waals surface area contributed by atoms with Gasteiger partial charge < -0.3 is 9.88 Å². The van der Waals surface area contributed by atoms with Crippen molar-refractivity contribution in [2.45, 2.75) is 26.8 Å². The van der Waals surface area contributed by atoms with Gasteiger partial charge in [0.25, 0.3) is 5.91 Å². The molecule has 0 bridgehead atoms. The zero-order valence-electron chi connectivity index (χ0n) is 11.3. The lowest BCUT2D eigenvalue weighted by molar-refractivity contribution is 0.101. The third-order valence-electron chi connectivity index (χ3n) is 2.83.